The fourth-order valence-corrected chi connectivity index (χ4v) is 5.04. The summed E-state index contributed by atoms with van der Waals surface area (Å²) in [5.41, 5.74) is 2.86. The molecule has 29 heavy (non-hydrogen) atoms. The van der Waals surface area contributed by atoms with E-state index in [0.717, 1.165) is 21.3 Å². The van der Waals surface area contributed by atoms with Crippen molar-refractivity contribution >= 4 is 25.9 Å². The second kappa shape index (κ2) is 8.42. The third-order valence-electron chi connectivity index (χ3n) is 4.74. The molecule has 11 heteroatoms. The third kappa shape index (κ3) is 4.97. The van der Waals surface area contributed by atoms with Crippen molar-refractivity contribution < 1.29 is 16.8 Å². The highest BCUT2D eigenvalue weighted by Gasteiger charge is 2.29. The smallest absolute Gasteiger partial charge is 0.272 e. The Bertz CT molecular complexity index is 1070. The minimum atomic E-state index is -3.79. The minimum Gasteiger partial charge on any atom is -0.272 e. The van der Waals surface area contributed by atoms with Gasteiger partial charge in [-0.05, 0) is 52.0 Å². The first kappa shape index (κ1) is 23.3. The summed E-state index contributed by atoms with van der Waals surface area (Å²) in [5.74, 6) is 0. The van der Waals surface area contributed by atoms with Gasteiger partial charge in [0.15, 0.2) is 0 Å². The molecule has 1 heterocycles. The SMILES string of the molecule is Cc1nn(C)c(C)c1CN(C(C)C)S(=O)(=O)c1ccc(NS(=O)(=O)N(C)C)cc1. The van der Waals surface area contributed by atoms with Gasteiger partial charge < -0.3 is 0 Å². The Morgan fingerprint density at radius 3 is 2.03 bits per heavy atom. The predicted octanol–water partition coefficient (Wildman–Crippen LogP) is 1.85. The van der Waals surface area contributed by atoms with Crippen molar-refractivity contribution in [3.05, 3.63) is 41.2 Å². The van der Waals surface area contributed by atoms with Crippen LogP contribution in [0.5, 0.6) is 0 Å². The van der Waals surface area contributed by atoms with Gasteiger partial charge in [-0.25, -0.2) is 8.42 Å². The molecule has 0 amide bonds. The second-order valence-corrected chi connectivity index (χ2v) is 11.1. The van der Waals surface area contributed by atoms with Crippen molar-refractivity contribution in [2.75, 3.05) is 18.8 Å². The van der Waals surface area contributed by atoms with E-state index in [1.807, 2.05) is 34.7 Å². The number of aryl methyl sites for hydroxylation is 2. The van der Waals surface area contributed by atoms with Crippen LogP contribution in [0.1, 0.15) is 30.8 Å². The molecule has 162 valence electrons. The lowest BCUT2D eigenvalue weighted by Crippen LogP contribution is -2.36. The Hall–Kier alpha value is -1.95. The molecule has 0 bridgehead atoms. The maximum atomic E-state index is 13.3. The van der Waals surface area contributed by atoms with Crippen molar-refractivity contribution in [3.8, 4) is 0 Å². The van der Waals surface area contributed by atoms with Crippen molar-refractivity contribution in [3.63, 3.8) is 0 Å². The molecule has 0 spiro atoms. The number of hydrogen-bond acceptors (Lipinski definition) is 5. The third-order valence-corrected chi connectivity index (χ3v) is 8.23. The lowest BCUT2D eigenvalue weighted by molar-refractivity contribution is 0.347. The zero-order chi connectivity index (χ0) is 22.1. The van der Waals surface area contributed by atoms with Crippen molar-refractivity contribution in [2.45, 2.75) is 45.2 Å². The number of rotatable bonds is 8. The first-order valence-corrected chi connectivity index (χ1v) is 12.0. The molecule has 0 unspecified atom stereocenters. The van der Waals surface area contributed by atoms with E-state index in [1.165, 1.54) is 42.7 Å². The standard InChI is InChI=1S/C18H29N5O4S2/c1-13(2)23(12-18-14(3)19-22(7)15(18)4)28(24,25)17-10-8-16(9-11-17)20-29(26,27)21(5)6/h8-11,13,20H,12H2,1-7H3. The summed E-state index contributed by atoms with van der Waals surface area (Å²) in [6, 6.07) is 5.41. The number of aromatic nitrogens is 2. The molecular formula is C18H29N5O4S2. The number of anilines is 1. The summed E-state index contributed by atoms with van der Waals surface area (Å²) in [4.78, 5) is 0.0956. The van der Waals surface area contributed by atoms with Crippen LogP contribution in [0.2, 0.25) is 0 Å². The Kier molecular flexibility index (Phi) is 6.78. The van der Waals surface area contributed by atoms with Crippen LogP contribution in [-0.2, 0) is 33.8 Å². The van der Waals surface area contributed by atoms with Crippen LogP contribution in [0.25, 0.3) is 0 Å². The molecule has 0 saturated heterocycles. The van der Waals surface area contributed by atoms with Gasteiger partial charge in [-0.15, -0.1) is 0 Å². The fourth-order valence-electron chi connectivity index (χ4n) is 2.82. The Morgan fingerprint density at radius 2 is 1.62 bits per heavy atom. The van der Waals surface area contributed by atoms with E-state index in [1.54, 1.807) is 4.68 Å². The van der Waals surface area contributed by atoms with E-state index >= 15 is 0 Å². The zero-order valence-corrected chi connectivity index (χ0v) is 19.5. The molecule has 2 rings (SSSR count). The molecule has 0 aliphatic carbocycles. The molecule has 2 aromatic rings. The van der Waals surface area contributed by atoms with Crippen LogP contribution in [0.4, 0.5) is 5.69 Å². The van der Waals surface area contributed by atoms with E-state index in [2.05, 4.69) is 9.82 Å². The summed E-state index contributed by atoms with van der Waals surface area (Å²) >= 11 is 0. The molecule has 1 N–H and O–H groups in total. The van der Waals surface area contributed by atoms with E-state index in [0.29, 0.717) is 0 Å². The molecule has 9 nitrogen and oxygen atoms in total. The number of nitrogens with zero attached hydrogens (tertiary/aromatic N) is 4. The number of benzene rings is 1. The van der Waals surface area contributed by atoms with Crippen LogP contribution in [0.15, 0.2) is 29.2 Å². The topological polar surface area (TPSA) is 105 Å². The van der Waals surface area contributed by atoms with Gasteiger partial charge in [0.05, 0.1) is 10.6 Å². The molecule has 0 atom stereocenters. The number of nitrogens with one attached hydrogen (secondary N) is 1. The Labute approximate surface area is 173 Å². The maximum Gasteiger partial charge on any atom is 0.301 e. The zero-order valence-electron chi connectivity index (χ0n) is 17.8. The molecule has 1 aromatic carbocycles. The molecule has 1 aromatic heterocycles. The van der Waals surface area contributed by atoms with Gasteiger partial charge in [0.2, 0.25) is 10.0 Å². The first-order valence-electron chi connectivity index (χ1n) is 9.08. The van der Waals surface area contributed by atoms with Crippen molar-refractivity contribution in [2.24, 2.45) is 7.05 Å². The molecular weight excluding hydrogens is 414 g/mol. The number of hydrogen-bond donors (Lipinski definition) is 1. The minimum absolute atomic E-state index is 0.0956. The van der Waals surface area contributed by atoms with Gasteiger partial charge >= 0.3 is 10.2 Å². The summed E-state index contributed by atoms with van der Waals surface area (Å²) in [6.07, 6.45) is 0. The van der Waals surface area contributed by atoms with Crippen LogP contribution in [-0.4, -0.2) is 55.4 Å². The molecule has 0 saturated carbocycles. The van der Waals surface area contributed by atoms with Crippen molar-refractivity contribution in [1.82, 2.24) is 18.4 Å². The predicted molar refractivity (Wildman–Crippen MR) is 113 cm³/mol. The lowest BCUT2D eigenvalue weighted by atomic mass is 10.2. The van der Waals surface area contributed by atoms with E-state index < -0.39 is 20.2 Å². The summed E-state index contributed by atoms with van der Waals surface area (Å²) in [6.45, 7) is 7.61. The lowest BCUT2D eigenvalue weighted by Gasteiger charge is -2.26. The van der Waals surface area contributed by atoms with Crippen LogP contribution in [0, 0.1) is 13.8 Å². The van der Waals surface area contributed by atoms with Gasteiger partial charge in [0.1, 0.15) is 0 Å². The quantitative estimate of drug-likeness (QED) is 0.670. The summed E-state index contributed by atoms with van der Waals surface area (Å²) < 4.78 is 57.0. The number of sulfonamides is 1. The fraction of sp³-hybridized carbons (Fsp3) is 0.500. The Balaban J connectivity index is 2.35. The molecule has 0 aliphatic heterocycles. The van der Waals surface area contributed by atoms with Gasteiger partial charge in [0.25, 0.3) is 0 Å². The molecule has 0 aliphatic rings. The maximum absolute atomic E-state index is 13.3. The first-order chi connectivity index (χ1) is 13.3. The average Bonchev–Trinajstić information content (AvgIpc) is 2.84. The van der Waals surface area contributed by atoms with Gasteiger partial charge in [0, 0.05) is 50.7 Å². The van der Waals surface area contributed by atoms with Crippen LogP contribution >= 0.6 is 0 Å². The second-order valence-electron chi connectivity index (χ2n) is 7.33. The van der Waals surface area contributed by atoms with Gasteiger partial charge in [-0.2, -0.15) is 22.1 Å². The summed E-state index contributed by atoms with van der Waals surface area (Å²) in [7, 11) is -2.81. The highest BCUT2D eigenvalue weighted by atomic mass is 32.2. The van der Waals surface area contributed by atoms with Gasteiger partial charge in [-0.3, -0.25) is 9.40 Å². The van der Waals surface area contributed by atoms with E-state index in [9.17, 15) is 16.8 Å². The van der Waals surface area contributed by atoms with Gasteiger partial charge in [-0.1, -0.05) is 0 Å². The van der Waals surface area contributed by atoms with Crippen LogP contribution < -0.4 is 4.72 Å². The average molecular weight is 444 g/mol. The largest absolute Gasteiger partial charge is 0.301 e. The van der Waals surface area contributed by atoms with Crippen LogP contribution in [0.3, 0.4) is 0 Å². The highest BCUT2D eigenvalue weighted by Crippen LogP contribution is 2.25. The monoisotopic (exact) mass is 443 g/mol. The molecule has 0 radical (unpaired) electrons. The van der Waals surface area contributed by atoms with E-state index in [4.69, 9.17) is 0 Å². The summed E-state index contributed by atoms with van der Waals surface area (Å²) in [5, 5.41) is 4.36. The highest BCUT2D eigenvalue weighted by molar-refractivity contribution is 7.90. The molecule has 0 fully saturated rings. The van der Waals surface area contributed by atoms with Crippen molar-refractivity contribution in [1.29, 1.82) is 0 Å². The normalized spacial score (nSPS) is 12.9. The van der Waals surface area contributed by atoms with E-state index in [-0.39, 0.29) is 23.2 Å². The Morgan fingerprint density at radius 1 is 1.07 bits per heavy atom.